The highest BCUT2D eigenvalue weighted by molar-refractivity contribution is 7.87. The zero-order chi connectivity index (χ0) is 11.6. The maximum atomic E-state index is 11.8. The van der Waals surface area contributed by atoms with Gasteiger partial charge in [0.2, 0.25) is 0 Å². The van der Waals surface area contributed by atoms with Crippen LogP contribution in [-0.2, 0) is 16.8 Å². The summed E-state index contributed by atoms with van der Waals surface area (Å²) in [6, 6.07) is 9.73. The quantitative estimate of drug-likeness (QED) is 0.838. The summed E-state index contributed by atoms with van der Waals surface area (Å²) in [4.78, 5) is 0. The molecule has 4 nitrogen and oxygen atoms in total. The van der Waals surface area contributed by atoms with E-state index in [1.54, 1.807) is 7.05 Å². The third-order valence-electron chi connectivity index (χ3n) is 2.55. The van der Waals surface area contributed by atoms with Crippen LogP contribution in [-0.4, -0.2) is 25.8 Å². The Morgan fingerprint density at radius 1 is 1.31 bits per heavy atom. The number of nitrogens with one attached hydrogen (secondary N) is 1. The molecule has 1 saturated carbocycles. The Morgan fingerprint density at radius 3 is 2.50 bits per heavy atom. The Hall–Kier alpha value is -0.910. The highest BCUT2D eigenvalue weighted by Gasteiger charge is 2.29. The monoisotopic (exact) mass is 240 g/mol. The molecule has 1 aromatic rings. The van der Waals surface area contributed by atoms with Crippen LogP contribution in [0.3, 0.4) is 0 Å². The van der Waals surface area contributed by atoms with Gasteiger partial charge >= 0.3 is 0 Å². The molecule has 1 aliphatic rings. The normalized spacial score (nSPS) is 16.6. The lowest BCUT2D eigenvalue weighted by Crippen LogP contribution is -2.38. The Balaban J connectivity index is 1.99. The minimum atomic E-state index is -3.31. The van der Waals surface area contributed by atoms with Gasteiger partial charge in [-0.05, 0) is 18.4 Å². The van der Waals surface area contributed by atoms with E-state index in [1.807, 2.05) is 30.3 Å². The SMILES string of the molecule is CN(Cc1ccccc1)S(=O)(=O)NC1CC1. The molecule has 0 unspecified atom stereocenters. The summed E-state index contributed by atoms with van der Waals surface area (Å²) >= 11 is 0. The van der Waals surface area contributed by atoms with Crippen molar-refractivity contribution in [3.8, 4) is 0 Å². The van der Waals surface area contributed by atoms with Gasteiger partial charge in [-0.2, -0.15) is 17.4 Å². The van der Waals surface area contributed by atoms with Crippen LogP contribution in [0.5, 0.6) is 0 Å². The van der Waals surface area contributed by atoms with Crippen LogP contribution in [0.2, 0.25) is 0 Å². The molecule has 88 valence electrons. The maximum absolute atomic E-state index is 11.8. The molecule has 2 rings (SSSR count). The molecule has 5 heteroatoms. The maximum Gasteiger partial charge on any atom is 0.279 e. The molecule has 0 spiro atoms. The molecule has 0 radical (unpaired) electrons. The van der Waals surface area contributed by atoms with Gasteiger partial charge in [-0.3, -0.25) is 0 Å². The second-order valence-electron chi connectivity index (χ2n) is 4.14. The summed E-state index contributed by atoms with van der Waals surface area (Å²) in [6.45, 7) is 0.406. The van der Waals surface area contributed by atoms with E-state index in [-0.39, 0.29) is 6.04 Å². The molecule has 1 N–H and O–H groups in total. The summed E-state index contributed by atoms with van der Waals surface area (Å²) in [5.41, 5.74) is 0.992. The van der Waals surface area contributed by atoms with Crippen molar-refractivity contribution in [1.29, 1.82) is 0 Å². The minimum absolute atomic E-state index is 0.156. The smallest absolute Gasteiger partial charge is 0.199 e. The summed E-state index contributed by atoms with van der Waals surface area (Å²) in [6.07, 6.45) is 1.91. The van der Waals surface area contributed by atoms with Crippen molar-refractivity contribution in [2.45, 2.75) is 25.4 Å². The summed E-state index contributed by atoms with van der Waals surface area (Å²) < 4.78 is 27.6. The van der Waals surface area contributed by atoms with Crippen molar-refractivity contribution in [2.75, 3.05) is 7.05 Å². The van der Waals surface area contributed by atoms with E-state index in [0.717, 1.165) is 18.4 Å². The molecule has 0 atom stereocenters. The first-order valence-electron chi connectivity index (χ1n) is 5.35. The molecule has 1 aromatic carbocycles. The van der Waals surface area contributed by atoms with Gasteiger partial charge in [0.25, 0.3) is 10.2 Å². The van der Waals surface area contributed by atoms with E-state index in [0.29, 0.717) is 6.54 Å². The highest BCUT2D eigenvalue weighted by atomic mass is 32.2. The van der Waals surface area contributed by atoms with E-state index in [4.69, 9.17) is 0 Å². The van der Waals surface area contributed by atoms with Gasteiger partial charge in [-0.15, -0.1) is 0 Å². The third-order valence-corrected chi connectivity index (χ3v) is 4.13. The Kier molecular flexibility index (Phi) is 3.28. The standard InChI is InChI=1S/C11H16N2O2S/c1-13(9-10-5-3-2-4-6-10)16(14,15)12-11-7-8-11/h2-6,11-12H,7-9H2,1H3. The van der Waals surface area contributed by atoms with Gasteiger partial charge in [-0.1, -0.05) is 30.3 Å². The molecule has 0 saturated heterocycles. The first-order valence-corrected chi connectivity index (χ1v) is 6.79. The Bertz CT molecular complexity index is 440. The second kappa shape index (κ2) is 4.53. The second-order valence-corrected chi connectivity index (χ2v) is 5.95. The molecule has 16 heavy (non-hydrogen) atoms. The van der Waals surface area contributed by atoms with E-state index in [1.165, 1.54) is 4.31 Å². The number of hydrogen-bond acceptors (Lipinski definition) is 2. The number of benzene rings is 1. The molecular formula is C11H16N2O2S. The van der Waals surface area contributed by atoms with Gasteiger partial charge in [0.05, 0.1) is 0 Å². The van der Waals surface area contributed by atoms with Crippen LogP contribution in [0.1, 0.15) is 18.4 Å². The number of hydrogen-bond donors (Lipinski definition) is 1. The van der Waals surface area contributed by atoms with Crippen LogP contribution < -0.4 is 4.72 Å². The van der Waals surface area contributed by atoms with Crippen LogP contribution in [0.15, 0.2) is 30.3 Å². The van der Waals surface area contributed by atoms with Crippen LogP contribution in [0.4, 0.5) is 0 Å². The predicted molar refractivity (Wildman–Crippen MR) is 63.0 cm³/mol. The lowest BCUT2D eigenvalue weighted by Gasteiger charge is -2.17. The van der Waals surface area contributed by atoms with Crippen molar-refractivity contribution >= 4 is 10.2 Å². The topological polar surface area (TPSA) is 49.4 Å². The summed E-state index contributed by atoms with van der Waals surface area (Å²) in [7, 11) is -1.72. The van der Waals surface area contributed by atoms with Crippen LogP contribution in [0.25, 0.3) is 0 Å². The first kappa shape index (κ1) is 11.6. The fourth-order valence-corrected chi connectivity index (χ4v) is 2.58. The molecule has 1 fully saturated rings. The van der Waals surface area contributed by atoms with Crippen molar-refractivity contribution in [2.24, 2.45) is 0 Å². The van der Waals surface area contributed by atoms with Crippen molar-refractivity contribution in [3.05, 3.63) is 35.9 Å². The molecule has 0 bridgehead atoms. The third kappa shape index (κ3) is 3.04. The summed E-state index contributed by atoms with van der Waals surface area (Å²) in [5, 5.41) is 0. The number of nitrogens with zero attached hydrogens (tertiary/aromatic N) is 1. The lowest BCUT2D eigenvalue weighted by atomic mass is 10.2. The van der Waals surface area contributed by atoms with Crippen molar-refractivity contribution < 1.29 is 8.42 Å². The molecule has 0 aliphatic heterocycles. The zero-order valence-corrected chi connectivity index (χ0v) is 10.1. The Morgan fingerprint density at radius 2 is 1.94 bits per heavy atom. The lowest BCUT2D eigenvalue weighted by molar-refractivity contribution is 0.454. The fourth-order valence-electron chi connectivity index (χ4n) is 1.43. The van der Waals surface area contributed by atoms with Gasteiger partial charge in [0.15, 0.2) is 0 Å². The average molecular weight is 240 g/mol. The molecule has 0 amide bonds. The number of rotatable bonds is 5. The molecule has 0 heterocycles. The molecular weight excluding hydrogens is 224 g/mol. The first-order chi connectivity index (χ1) is 7.58. The van der Waals surface area contributed by atoms with Gasteiger partial charge < -0.3 is 0 Å². The van der Waals surface area contributed by atoms with E-state index in [9.17, 15) is 8.42 Å². The fraction of sp³-hybridized carbons (Fsp3) is 0.455. The van der Waals surface area contributed by atoms with Gasteiger partial charge in [0, 0.05) is 19.6 Å². The predicted octanol–water partition coefficient (Wildman–Crippen LogP) is 1.12. The van der Waals surface area contributed by atoms with E-state index < -0.39 is 10.2 Å². The van der Waals surface area contributed by atoms with Crippen molar-refractivity contribution in [1.82, 2.24) is 9.03 Å². The van der Waals surface area contributed by atoms with Crippen LogP contribution >= 0.6 is 0 Å². The summed E-state index contributed by atoms with van der Waals surface area (Å²) in [5.74, 6) is 0. The molecule has 1 aliphatic carbocycles. The van der Waals surface area contributed by atoms with Crippen molar-refractivity contribution in [3.63, 3.8) is 0 Å². The van der Waals surface area contributed by atoms with Gasteiger partial charge in [-0.25, -0.2) is 0 Å². The van der Waals surface area contributed by atoms with Gasteiger partial charge in [0.1, 0.15) is 0 Å². The van der Waals surface area contributed by atoms with Crippen LogP contribution in [0, 0.1) is 0 Å². The molecule has 0 aromatic heterocycles. The zero-order valence-electron chi connectivity index (χ0n) is 9.26. The van der Waals surface area contributed by atoms with E-state index in [2.05, 4.69) is 4.72 Å². The average Bonchev–Trinajstić information content (AvgIpc) is 3.02. The largest absolute Gasteiger partial charge is 0.279 e. The Labute approximate surface area is 96.5 Å². The highest BCUT2D eigenvalue weighted by Crippen LogP contribution is 2.20. The van der Waals surface area contributed by atoms with E-state index >= 15 is 0 Å². The minimum Gasteiger partial charge on any atom is -0.199 e.